The van der Waals surface area contributed by atoms with E-state index in [0.717, 1.165) is 6.54 Å². The van der Waals surface area contributed by atoms with Crippen LogP contribution in [0.3, 0.4) is 0 Å². The average Bonchev–Trinajstić information content (AvgIpc) is 1.94. The van der Waals surface area contributed by atoms with Crippen molar-refractivity contribution >= 4 is 5.91 Å². The molecule has 3 nitrogen and oxygen atoms in total. The van der Waals surface area contributed by atoms with E-state index in [-0.39, 0.29) is 18.1 Å². The predicted molar refractivity (Wildman–Crippen MR) is 42.3 cm³/mol. The van der Waals surface area contributed by atoms with E-state index in [1.807, 2.05) is 18.7 Å². The molecule has 1 heterocycles. The van der Waals surface area contributed by atoms with Crippen molar-refractivity contribution in [2.75, 3.05) is 13.2 Å². The van der Waals surface area contributed by atoms with Crippen LogP contribution >= 0.6 is 0 Å². The van der Waals surface area contributed by atoms with Crippen LogP contribution in [0, 0.1) is 0 Å². The van der Waals surface area contributed by atoms with Crippen molar-refractivity contribution in [2.24, 2.45) is 0 Å². The second-order valence-electron chi connectivity index (χ2n) is 3.03. The largest absolute Gasteiger partial charge is 0.375 e. The van der Waals surface area contributed by atoms with Gasteiger partial charge in [0.15, 0.2) is 0 Å². The molecule has 1 amide bonds. The lowest BCUT2D eigenvalue weighted by Crippen LogP contribution is -2.50. The van der Waals surface area contributed by atoms with E-state index in [1.165, 1.54) is 0 Å². The summed E-state index contributed by atoms with van der Waals surface area (Å²) >= 11 is 0. The van der Waals surface area contributed by atoms with Gasteiger partial charge in [-0.05, 0) is 13.8 Å². The van der Waals surface area contributed by atoms with Gasteiger partial charge in [0.2, 0.25) is 5.91 Å². The molecular weight excluding hydrogens is 142 g/mol. The summed E-state index contributed by atoms with van der Waals surface area (Å²) in [7, 11) is 0. The maximum absolute atomic E-state index is 11.0. The van der Waals surface area contributed by atoms with E-state index < -0.39 is 0 Å². The van der Waals surface area contributed by atoms with E-state index in [1.54, 1.807) is 6.92 Å². The number of amides is 1. The van der Waals surface area contributed by atoms with Crippen molar-refractivity contribution in [3.63, 3.8) is 0 Å². The van der Waals surface area contributed by atoms with Crippen LogP contribution in [0.1, 0.15) is 20.8 Å². The molecule has 0 aromatic carbocycles. The topological polar surface area (TPSA) is 29.5 Å². The Morgan fingerprint density at radius 2 is 2.18 bits per heavy atom. The van der Waals surface area contributed by atoms with Crippen LogP contribution in [0.5, 0.6) is 0 Å². The molecule has 11 heavy (non-hydrogen) atoms. The molecule has 0 N–H and O–H groups in total. The number of hydrogen-bond donors (Lipinski definition) is 0. The monoisotopic (exact) mass is 157 g/mol. The van der Waals surface area contributed by atoms with E-state index in [0.29, 0.717) is 6.61 Å². The smallest absolute Gasteiger partial charge is 0.219 e. The summed E-state index contributed by atoms with van der Waals surface area (Å²) in [5.74, 6) is 0.146. The van der Waals surface area contributed by atoms with Gasteiger partial charge >= 0.3 is 0 Å². The maximum atomic E-state index is 11.0. The Labute approximate surface area is 67.3 Å². The zero-order valence-corrected chi connectivity index (χ0v) is 7.33. The van der Waals surface area contributed by atoms with Gasteiger partial charge in [-0.2, -0.15) is 0 Å². The number of rotatable bonds is 0. The van der Waals surface area contributed by atoms with Crippen LogP contribution in [0.15, 0.2) is 0 Å². The molecule has 1 aliphatic rings. The van der Waals surface area contributed by atoms with Gasteiger partial charge in [-0.15, -0.1) is 0 Å². The number of nitrogens with zero attached hydrogens (tertiary/aromatic N) is 1. The standard InChI is InChI=1S/C8H15NO2/c1-6-7(2)11-5-4-9(6)8(3)10/h6-7H,4-5H2,1-3H3. The summed E-state index contributed by atoms with van der Waals surface area (Å²) in [4.78, 5) is 12.9. The van der Waals surface area contributed by atoms with Gasteiger partial charge in [-0.1, -0.05) is 0 Å². The second kappa shape index (κ2) is 3.22. The first-order valence-electron chi connectivity index (χ1n) is 4.01. The predicted octanol–water partition coefficient (Wildman–Crippen LogP) is 0.642. The molecule has 64 valence electrons. The molecule has 1 rings (SSSR count). The van der Waals surface area contributed by atoms with Gasteiger partial charge in [-0.25, -0.2) is 0 Å². The van der Waals surface area contributed by atoms with Gasteiger partial charge < -0.3 is 9.64 Å². The molecule has 3 heteroatoms. The second-order valence-corrected chi connectivity index (χ2v) is 3.03. The van der Waals surface area contributed by atoms with Gasteiger partial charge in [0.1, 0.15) is 0 Å². The molecule has 0 bridgehead atoms. The highest BCUT2D eigenvalue weighted by Crippen LogP contribution is 2.12. The highest BCUT2D eigenvalue weighted by molar-refractivity contribution is 5.73. The molecule has 2 unspecified atom stereocenters. The molecule has 1 saturated heterocycles. The summed E-state index contributed by atoms with van der Waals surface area (Å²) in [5.41, 5.74) is 0. The van der Waals surface area contributed by atoms with Crippen LogP contribution in [-0.4, -0.2) is 36.1 Å². The minimum atomic E-state index is 0.146. The first-order chi connectivity index (χ1) is 5.13. The summed E-state index contributed by atoms with van der Waals surface area (Å²) in [6, 6.07) is 0.223. The fourth-order valence-corrected chi connectivity index (χ4v) is 1.38. The van der Waals surface area contributed by atoms with Gasteiger partial charge in [0.05, 0.1) is 18.8 Å². The van der Waals surface area contributed by atoms with Crippen LogP contribution in [0.25, 0.3) is 0 Å². The lowest BCUT2D eigenvalue weighted by Gasteiger charge is -2.37. The van der Waals surface area contributed by atoms with E-state index in [2.05, 4.69) is 0 Å². The molecule has 0 radical (unpaired) electrons. The fourth-order valence-electron chi connectivity index (χ4n) is 1.38. The number of carbonyl (C=O) groups is 1. The van der Waals surface area contributed by atoms with Crippen molar-refractivity contribution in [3.8, 4) is 0 Å². The van der Waals surface area contributed by atoms with Crippen molar-refractivity contribution in [1.29, 1.82) is 0 Å². The van der Waals surface area contributed by atoms with Crippen molar-refractivity contribution < 1.29 is 9.53 Å². The highest BCUT2D eigenvalue weighted by atomic mass is 16.5. The SMILES string of the molecule is CC(=O)N1CCOC(C)C1C. The third kappa shape index (κ3) is 1.71. The number of ether oxygens (including phenoxy) is 1. The van der Waals surface area contributed by atoms with Crippen LogP contribution in [0.2, 0.25) is 0 Å². The summed E-state index contributed by atoms with van der Waals surface area (Å²) in [5, 5.41) is 0. The van der Waals surface area contributed by atoms with E-state index >= 15 is 0 Å². The Bertz CT molecular complexity index is 158. The third-order valence-corrected chi connectivity index (χ3v) is 2.29. The van der Waals surface area contributed by atoms with Crippen molar-refractivity contribution in [1.82, 2.24) is 4.90 Å². The quantitative estimate of drug-likeness (QED) is 0.516. The summed E-state index contributed by atoms with van der Waals surface area (Å²) in [6.07, 6.45) is 0.174. The molecule has 0 aromatic heterocycles. The summed E-state index contributed by atoms with van der Waals surface area (Å²) in [6.45, 7) is 7.03. The van der Waals surface area contributed by atoms with Gasteiger partial charge in [-0.3, -0.25) is 4.79 Å². The Hall–Kier alpha value is -0.570. The van der Waals surface area contributed by atoms with Crippen molar-refractivity contribution in [3.05, 3.63) is 0 Å². The first kappa shape index (κ1) is 8.53. The normalized spacial score (nSPS) is 32.1. The average molecular weight is 157 g/mol. The lowest BCUT2D eigenvalue weighted by molar-refractivity contribution is -0.141. The minimum absolute atomic E-state index is 0.146. The highest BCUT2D eigenvalue weighted by Gasteiger charge is 2.26. The molecule has 0 aliphatic carbocycles. The third-order valence-electron chi connectivity index (χ3n) is 2.29. The maximum Gasteiger partial charge on any atom is 0.219 e. The number of carbonyl (C=O) groups excluding carboxylic acids is 1. The van der Waals surface area contributed by atoms with E-state index in [9.17, 15) is 4.79 Å². The van der Waals surface area contributed by atoms with Gasteiger partial charge in [0, 0.05) is 13.5 Å². The van der Waals surface area contributed by atoms with Crippen LogP contribution < -0.4 is 0 Å². The lowest BCUT2D eigenvalue weighted by atomic mass is 10.1. The minimum Gasteiger partial charge on any atom is -0.375 e. The Morgan fingerprint density at radius 3 is 2.64 bits per heavy atom. The van der Waals surface area contributed by atoms with Crippen LogP contribution in [-0.2, 0) is 9.53 Å². The first-order valence-corrected chi connectivity index (χ1v) is 4.01. The fraction of sp³-hybridized carbons (Fsp3) is 0.875. The zero-order valence-electron chi connectivity index (χ0n) is 7.33. The molecule has 1 fully saturated rings. The molecule has 1 aliphatic heterocycles. The van der Waals surface area contributed by atoms with Crippen molar-refractivity contribution in [2.45, 2.75) is 32.9 Å². The van der Waals surface area contributed by atoms with Gasteiger partial charge in [0.25, 0.3) is 0 Å². The number of morpholine rings is 1. The molecule has 0 spiro atoms. The van der Waals surface area contributed by atoms with Crippen LogP contribution in [0.4, 0.5) is 0 Å². The Kier molecular flexibility index (Phi) is 2.49. The van der Waals surface area contributed by atoms with E-state index in [4.69, 9.17) is 4.74 Å². The molecule has 0 aromatic rings. The number of hydrogen-bond acceptors (Lipinski definition) is 2. The Balaban J connectivity index is 2.58. The molecular formula is C8H15NO2. The zero-order chi connectivity index (χ0) is 8.43. The Morgan fingerprint density at radius 1 is 1.55 bits per heavy atom. The molecule has 0 saturated carbocycles. The summed E-state index contributed by atoms with van der Waals surface area (Å²) < 4.78 is 5.38. The molecule has 2 atom stereocenters.